The lowest BCUT2D eigenvalue weighted by atomic mass is 10.1. The molecule has 3 aromatic carbocycles. The van der Waals surface area contributed by atoms with E-state index in [0.717, 1.165) is 11.1 Å². The van der Waals surface area contributed by atoms with Crippen molar-refractivity contribution >= 4 is 29.3 Å². The smallest absolute Gasteiger partial charge is 0.266 e. The van der Waals surface area contributed by atoms with Crippen molar-refractivity contribution in [1.82, 2.24) is 4.98 Å². The molecule has 0 saturated carbocycles. The molecule has 4 aromatic rings. The van der Waals surface area contributed by atoms with Crippen molar-refractivity contribution in [2.24, 2.45) is 0 Å². The molecule has 1 heterocycles. The van der Waals surface area contributed by atoms with Crippen LogP contribution in [0, 0.1) is 0 Å². The molecule has 0 atom stereocenters. The Kier molecular flexibility index (Phi) is 7.80. The van der Waals surface area contributed by atoms with Gasteiger partial charge in [0.15, 0.2) is 17.3 Å². The fraction of sp³-hybridized carbons (Fsp3) is 0.143. The molecule has 0 saturated heterocycles. The average molecular weight is 488 g/mol. The summed E-state index contributed by atoms with van der Waals surface area (Å²) < 4.78 is 17.8. The van der Waals surface area contributed by atoms with Crippen LogP contribution in [0.15, 0.2) is 77.6 Å². The number of ether oxygens (including phenoxy) is 3. The van der Waals surface area contributed by atoms with Crippen LogP contribution < -0.4 is 29.0 Å². The number of aromatic nitrogens is 1. The van der Waals surface area contributed by atoms with E-state index < -0.39 is 0 Å². The van der Waals surface area contributed by atoms with E-state index in [0.29, 0.717) is 45.2 Å². The Labute approximate surface area is 206 Å². The van der Waals surface area contributed by atoms with Gasteiger partial charge in [-0.05, 0) is 60.5 Å². The Balaban J connectivity index is 1.57. The molecule has 0 spiro atoms. The van der Waals surface area contributed by atoms with Gasteiger partial charge in [0.1, 0.15) is 12.4 Å². The second kappa shape index (κ2) is 11.4. The number of carbonyl (C=O) groups is 1. The molecule has 7 heteroatoms. The monoisotopic (exact) mass is 487 g/mol. The van der Waals surface area contributed by atoms with Gasteiger partial charge in [0.25, 0.3) is 5.56 Å². The van der Waals surface area contributed by atoms with E-state index in [2.05, 4.69) is 4.98 Å². The second-order valence-electron chi connectivity index (χ2n) is 7.58. The molecule has 6 nitrogen and oxygen atoms in total. The number of H-pyrrole nitrogens is 1. The fourth-order valence-corrected chi connectivity index (χ4v) is 4.26. The molecule has 0 aliphatic heterocycles. The maximum atomic E-state index is 12.6. The van der Waals surface area contributed by atoms with Crippen LogP contribution in [-0.2, 0) is 6.61 Å². The highest BCUT2D eigenvalue weighted by Crippen LogP contribution is 2.29. The summed E-state index contributed by atoms with van der Waals surface area (Å²) in [5, 5.41) is 0. The molecule has 1 aromatic heterocycles. The SMILES string of the molecule is CCOc1cc(C=c2sc(=CC(=O)c3ccc(OC)cc3)[nH]c2=O)ccc1OCc1ccccc1. The first-order valence-electron chi connectivity index (χ1n) is 11.1. The summed E-state index contributed by atoms with van der Waals surface area (Å²) in [7, 11) is 1.57. The van der Waals surface area contributed by atoms with E-state index in [1.54, 1.807) is 37.5 Å². The Morgan fingerprint density at radius 2 is 1.74 bits per heavy atom. The fourth-order valence-electron chi connectivity index (χ4n) is 3.37. The summed E-state index contributed by atoms with van der Waals surface area (Å²) in [5.74, 6) is 1.71. The van der Waals surface area contributed by atoms with Crippen LogP contribution in [0.2, 0.25) is 0 Å². The highest BCUT2D eigenvalue weighted by molar-refractivity contribution is 7.07. The van der Waals surface area contributed by atoms with Crippen molar-refractivity contribution in [3.8, 4) is 17.2 Å². The van der Waals surface area contributed by atoms with Crippen LogP contribution in [-0.4, -0.2) is 24.5 Å². The average Bonchev–Trinajstić information content (AvgIpc) is 3.22. The van der Waals surface area contributed by atoms with Gasteiger partial charge in [0.2, 0.25) is 0 Å². The largest absolute Gasteiger partial charge is 0.497 e. The van der Waals surface area contributed by atoms with Crippen LogP contribution in [0.25, 0.3) is 12.2 Å². The molecule has 4 rings (SSSR count). The first kappa shape index (κ1) is 24.0. The topological polar surface area (TPSA) is 77.6 Å². The number of hydrogen-bond donors (Lipinski definition) is 1. The number of nitrogens with one attached hydrogen (secondary N) is 1. The Bertz CT molecular complexity index is 1470. The lowest BCUT2D eigenvalue weighted by molar-refractivity contribution is 0.106. The molecule has 0 amide bonds. The van der Waals surface area contributed by atoms with Crippen LogP contribution >= 0.6 is 11.3 Å². The third-order valence-electron chi connectivity index (χ3n) is 5.12. The molecule has 0 bridgehead atoms. The number of rotatable bonds is 9. The number of carbonyl (C=O) groups excluding carboxylic acids is 1. The van der Waals surface area contributed by atoms with Crippen LogP contribution in [0.1, 0.15) is 28.4 Å². The van der Waals surface area contributed by atoms with Crippen LogP contribution in [0.4, 0.5) is 0 Å². The Morgan fingerprint density at radius 1 is 0.971 bits per heavy atom. The number of methoxy groups -OCH3 is 1. The lowest BCUT2D eigenvalue weighted by Gasteiger charge is -2.12. The molecule has 35 heavy (non-hydrogen) atoms. The number of Topliss-reactive ketones (excluding diaryl/α,β-unsaturated/α-hetero) is 1. The highest BCUT2D eigenvalue weighted by atomic mass is 32.1. The summed E-state index contributed by atoms with van der Waals surface area (Å²) in [6.07, 6.45) is 3.19. The van der Waals surface area contributed by atoms with Gasteiger partial charge in [-0.15, -0.1) is 11.3 Å². The molecule has 1 N–H and O–H groups in total. The first-order valence-corrected chi connectivity index (χ1v) is 11.9. The zero-order chi connectivity index (χ0) is 24.6. The quantitative estimate of drug-likeness (QED) is 0.362. The van der Waals surface area contributed by atoms with Gasteiger partial charge in [0.05, 0.1) is 22.9 Å². The zero-order valence-corrected chi connectivity index (χ0v) is 20.3. The van der Waals surface area contributed by atoms with Gasteiger partial charge < -0.3 is 19.2 Å². The van der Waals surface area contributed by atoms with Gasteiger partial charge in [0, 0.05) is 11.6 Å². The Morgan fingerprint density at radius 3 is 2.46 bits per heavy atom. The second-order valence-corrected chi connectivity index (χ2v) is 8.66. The minimum atomic E-state index is -0.258. The van der Waals surface area contributed by atoms with Gasteiger partial charge in [-0.25, -0.2) is 0 Å². The molecular formula is C28H25NO5S. The number of thiazole rings is 1. The minimum absolute atomic E-state index is 0.199. The van der Waals surface area contributed by atoms with Gasteiger partial charge in [-0.3, -0.25) is 9.59 Å². The molecule has 178 valence electrons. The van der Waals surface area contributed by atoms with E-state index in [4.69, 9.17) is 14.2 Å². The van der Waals surface area contributed by atoms with E-state index >= 15 is 0 Å². The van der Waals surface area contributed by atoms with Crippen molar-refractivity contribution in [2.45, 2.75) is 13.5 Å². The van der Waals surface area contributed by atoms with E-state index in [1.165, 1.54) is 17.4 Å². The molecule has 0 radical (unpaired) electrons. The summed E-state index contributed by atoms with van der Waals surface area (Å²) in [4.78, 5) is 27.8. The maximum absolute atomic E-state index is 12.6. The number of hydrogen-bond acceptors (Lipinski definition) is 6. The number of aromatic amines is 1. The van der Waals surface area contributed by atoms with Gasteiger partial charge in [-0.1, -0.05) is 36.4 Å². The highest BCUT2D eigenvalue weighted by Gasteiger charge is 2.08. The van der Waals surface area contributed by atoms with E-state index in [-0.39, 0.29) is 11.3 Å². The van der Waals surface area contributed by atoms with Crippen molar-refractivity contribution in [3.63, 3.8) is 0 Å². The van der Waals surface area contributed by atoms with E-state index in [9.17, 15) is 9.59 Å². The zero-order valence-electron chi connectivity index (χ0n) is 19.4. The van der Waals surface area contributed by atoms with Crippen molar-refractivity contribution in [2.75, 3.05) is 13.7 Å². The predicted octanol–water partition coefficient (Wildman–Crippen LogP) is 3.91. The van der Waals surface area contributed by atoms with Crippen LogP contribution in [0.5, 0.6) is 17.2 Å². The van der Waals surface area contributed by atoms with Crippen molar-refractivity contribution in [3.05, 3.63) is 109 Å². The summed E-state index contributed by atoms with van der Waals surface area (Å²) in [5.41, 5.74) is 2.11. The van der Waals surface area contributed by atoms with Crippen molar-refractivity contribution < 1.29 is 19.0 Å². The third kappa shape index (κ3) is 6.28. The molecule has 0 unspecified atom stereocenters. The predicted molar refractivity (Wildman–Crippen MR) is 138 cm³/mol. The minimum Gasteiger partial charge on any atom is -0.497 e. The summed E-state index contributed by atoms with van der Waals surface area (Å²) >= 11 is 1.22. The standard InChI is InChI=1S/C28H25NO5S/c1-3-33-25-15-20(9-14-24(25)34-18-19-7-5-4-6-8-19)16-26-28(31)29-27(35-26)17-23(30)21-10-12-22(32-2)13-11-21/h4-17H,3,18H2,1-2H3,(H,29,31). The molecule has 0 aliphatic carbocycles. The molecular weight excluding hydrogens is 462 g/mol. The number of ketones is 1. The maximum Gasteiger partial charge on any atom is 0.266 e. The van der Waals surface area contributed by atoms with E-state index in [1.807, 2.05) is 55.5 Å². The van der Waals surface area contributed by atoms with Gasteiger partial charge >= 0.3 is 0 Å². The Hall–Kier alpha value is -4.10. The molecule has 0 fully saturated rings. The number of benzene rings is 3. The molecule has 0 aliphatic rings. The first-order chi connectivity index (χ1) is 17.1. The summed E-state index contributed by atoms with van der Waals surface area (Å²) in [6.45, 7) is 2.82. The lowest BCUT2D eigenvalue weighted by Crippen LogP contribution is -2.20. The van der Waals surface area contributed by atoms with Gasteiger partial charge in [-0.2, -0.15) is 0 Å². The van der Waals surface area contributed by atoms with Crippen LogP contribution in [0.3, 0.4) is 0 Å². The normalized spacial score (nSPS) is 11.9. The van der Waals surface area contributed by atoms with Crippen molar-refractivity contribution in [1.29, 1.82) is 0 Å². The third-order valence-corrected chi connectivity index (χ3v) is 6.08. The summed E-state index contributed by atoms with van der Waals surface area (Å²) in [6, 6.07) is 22.3.